The van der Waals surface area contributed by atoms with Gasteiger partial charge in [-0.05, 0) is 6.42 Å². The highest BCUT2D eigenvalue weighted by atomic mass is 16.4. The molecule has 1 unspecified atom stereocenters. The summed E-state index contributed by atoms with van der Waals surface area (Å²) in [6, 6.07) is -1.02. The number of anilines is 1. The zero-order valence-corrected chi connectivity index (χ0v) is 8.19. The van der Waals surface area contributed by atoms with Crippen LogP contribution in [-0.4, -0.2) is 32.3 Å². The molecule has 0 radical (unpaired) electrons. The standard InChI is InChI=1S/C8H10N4O4/c1-2-3-4(7(14)15)9-5-6(13)10-8(16)12-11-5/h2,4H,1,3H2,(H,9,11)(H,14,15)(H2,10,12,13,16). The van der Waals surface area contributed by atoms with E-state index in [1.807, 2.05) is 10.1 Å². The number of hydrogen-bond acceptors (Lipinski definition) is 5. The van der Waals surface area contributed by atoms with Gasteiger partial charge in [0.25, 0.3) is 5.56 Å². The van der Waals surface area contributed by atoms with Crippen molar-refractivity contribution in [2.45, 2.75) is 12.5 Å². The third-order valence-corrected chi connectivity index (χ3v) is 1.72. The van der Waals surface area contributed by atoms with E-state index in [1.165, 1.54) is 6.08 Å². The highest BCUT2D eigenvalue weighted by Crippen LogP contribution is 2.00. The maximum absolute atomic E-state index is 11.2. The molecule has 1 atom stereocenters. The summed E-state index contributed by atoms with van der Waals surface area (Å²) in [5.41, 5.74) is -1.54. The van der Waals surface area contributed by atoms with E-state index in [1.54, 1.807) is 0 Å². The Kier molecular flexibility index (Phi) is 3.59. The maximum Gasteiger partial charge on any atom is 0.342 e. The van der Waals surface area contributed by atoms with Crippen LogP contribution in [0.1, 0.15) is 6.42 Å². The van der Waals surface area contributed by atoms with Gasteiger partial charge in [0.15, 0.2) is 0 Å². The lowest BCUT2D eigenvalue weighted by Crippen LogP contribution is -2.34. The number of carboxylic acid groups (broad SMARTS) is 1. The first-order valence-corrected chi connectivity index (χ1v) is 4.34. The number of carboxylic acids is 1. The number of nitrogens with one attached hydrogen (secondary N) is 3. The summed E-state index contributed by atoms with van der Waals surface area (Å²) in [5, 5.41) is 16.5. The van der Waals surface area contributed by atoms with E-state index in [-0.39, 0.29) is 12.2 Å². The van der Waals surface area contributed by atoms with Crippen molar-refractivity contribution in [1.82, 2.24) is 15.2 Å². The number of H-pyrrole nitrogens is 2. The third kappa shape index (κ3) is 2.80. The lowest BCUT2D eigenvalue weighted by Gasteiger charge is -2.11. The minimum atomic E-state index is -1.15. The van der Waals surface area contributed by atoms with Gasteiger partial charge in [0, 0.05) is 0 Å². The highest BCUT2D eigenvalue weighted by Gasteiger charge is 2.17. The summed E-state index contributed by atoms with van der Waals surface area (Å²) in [4.78, 5) is 34.5. The predicted octanol–water partition coefficient (Wildman–Crippen LogP) is -1.10. The molecule has 16 heavy (non-hydrogen) atoms. The van der Waals surface area contributed by atoms with Crippen molar-refractivity contribution in [3.63, 3.8) is 0 Å². The van der Waals surface area contributed by atoms with Crippen molar-refractivity contribution in [2.24, 2.45) is 0 Å². The molecule has 86 valence electrons. The molecule has 0 amide bonds. The molecule has 0 aromatic carbocycles. The molecule has 1 aromatic rings. The van der Waals surface area contributed by atoms with Gasteiger partial charge in [-0.15, -0.1) is 11.7 Å². The summed E-state index contributed by atoms with van der Waals surface area (Å²) >= 11 is 0. The first-order chi connectivity index (χ1) is 7.54. The highest BCUT2D eigenvalue weighted by molar-refractivity contribution is 5.76. The van der Waals surface area contributed by atoms with E-state index in [0.717, 1.165) is 0 Å². The number of carbonyl (C=O) groups is 1. The van der Waals surface area contributed by atoms with E-state index < -0.39 is 23.3 Å². The van der Waals surface area contributed by atoms with Crippen LogP contribution < -0.4 is 16.6 Å². The first kappa shape index (κ1) is 11.7. The van der Waals surface area contributed by atoms with Crippen LogP contribution in [-0.2, 0) is 4.79 Å². The molecule has 1 rings (SSSR count). The number of aromatic nitrogens is 3. The van der Waals surface area contributed by atoms with Gasteiger partial charge in [-0.1, -0.05) is 6.08 Å². The predicted molar refractivity (Wildman–Crippen MR) is 55.3 cm³/mol. The van der Waals surface area contributed by atoms with Crippen LogP contribution in [0.25, 0.3) is 0 Å². The SMILES string of the molecule is C=CCC(Nc1n[nH]c(=O)[nH]c1=O)C(=O)O. The molecule has 0 fully saturated rings. The molecule has 1 aromatic heterocycles. The molecule has 0 saturated heterocycles. The minimum Gasteiger partial charge on any atom is -0.480 e. The van der Waals surface area contributed by atoms with E-state index in [0.29, 0.717) is 0 Å². The van der Waals surface area contributed by atoms with Gasteiger partial charge in [0.05, 0.1) is 0 Å². The molecular formula is C8H10N4O4. The summed E-state index contributed by atoms with van der Waals surface area (Å²) in [6.45, 7) is 3.39. The summed E-state index contributed by atoms with van der Waals surface area (Å²) in [5.74, 6) is -1.40. The van der Waals surface area contributed by atoms with Crippen LogP contribution in [0.4, 0.5) is 5.82 Å². The van der Waals surface area contributed by atoms with Crippen molar-refractivity contribution in [3.05, 3.63) is 33.5 Å². The number of aliphatic carboxylic acids is 1. The van der Waals surface area contributed by atoms with Gasteiger partial charge in [0.2, 0.25) is 5.82 Å². The molecule has 1 heterocycles. The fourth-order valence-corrected chi connectivity index (χ4v) is 0.999. The van der Waals surface area contributed by atoms with Gasteiger partial charge < -0.3 is 10.4 Å². The van der Waals surface area contributed by atoms with Crippen LogP contribution >= 0.6 is 0 Å². The normalized spacial score (nSPS) is 11.8. The van der Waals surface area contributed by atoms with Gasteiger partial charge in [-0.3, -0.25) is 9.78 Å². The third-order valence-electron chi connectivity index (χ3n) is 1.72. The average molecular weight is 226 g/mol. The molecule has 0 aliphatic carbocycles. The van der Waals surface area contributed by atoms with E-state index in [9.17, 15) is 14.4 Å². The minimum absolute atomic E-state index is 0.121. The summed E-state index contributed by atoms with van der Waals surface area (Å²) in [6.07, 6.45) is 1.52. The summed E-state index contributed by atoms with van der Waals surface area (Å²) in [7, 11) is 0. The number of nitrogens with zero attached hydrogens (tertiary/aromatic N) is 1. The van der Waals surface area contributed by atoms with Crippen LogP contribution in [0, 0.1) is 0 Å². The largest absolute Gasteiger partial charge is 0.480 e. The van der Waals surface area contributed by atoms with Crippen LogP contribution in [0.15, 0.2) is 22.2 Å². The Morgan fingerprint density at radius 2 is 2.31 bits per heavy atom. The van der Waals surface area contributed by atoms with E-state index in [2.05, 4.69) is 17.0 Å². The van der Waals surface area contributed by atoms with Crippen LogP contribution in [0.5, 0.6) is 0 Å². The molecule has 0 spiro atoms. The molecule has 4 N–H and O–H groups in total. The molecule has 0 saturated carbocycles. The average Bonchev–Trinajstić information content (AvgIpc) is 2.20. The fraction of sp³-hybridized carbons (Fsp3) is 0.250. The Morgan fingerprint density at radius 1 is 1.62 bits per heavy atom. The molecule has 0 bridgehead atoms. The zero-order chi connectivity index (χ0) is 12.1. The van der Waals surface area contributed by atoms with E-state index in [4.69, 9.17) is 5.11 Å². The Hall–Kier alpha value is -2.38. The van der Waals surface area contributed by atoms with Gasteiger partial charge in [-0.25, -0.2) is 14.7 Å². The van der Waals surface area contributed by atoms with Gasteiger partial charge >= 0.3 is 11.7 Å². The number of rotatable bonds is 5. The number of aromatic amines is 2. The van der Waals surface area contributed by atoms with Crippen molar-refractivity contribution in [3.8, 4) is 0 Å². The summed E-state index contributed by atoms with van der Waals surface area (Å²) < 4.78 is 0. The molecule has 8 nitrogen and oxygen atoms in total. The molecular weight excluding hydrogens is 216 g/mol. The Balaban J connectivity index is 2.93. The first-order valence-electron chi connectivity index (χ1n) is 4.34. The lowest BCUT2D eigenvalue weighted by molar-refractivity contribution is -0.137. The monoisotopic (exact) mass is 226 g/mol. The topological polar surface area (TPSA) is 128 Å². The van der Waals surface area contributed by atoms with Gasteiger partial charge in [0.1, 0.15) is 6.04 Å². The maximum atomic E-state index is 11.2. The Labute approximate surface area is 89.0 Å². The number of hydrogen-bond donors (Lipinski definition) is 4. The molecule has 0 aliphatic rings. The second-order valence-electron chi connectivity index (χ2n) is 2.92. The van der Waals surface area contributed by atoms with Crippen LogP contribution in [0.2, 0.25) is 0 Å². The Morgan fingerprint density at radius 3 is 2.81 bits per heavy atom. The van der Waals surface area contributed by atoms with Crippen molar-refractivity contribution in [2.75, 3.05) is 5.32 Å². The molecule has 8 heteroatoms. The van der Waals surface area contributed by atoms with Crippen LogP contribution in [0.3, 0.4) is 0 Å². The molecule has 0 aliphatic heterocycles. The van der Waals surface area contributed by atoms with Gasteiger partial charge in [-0.2, -0.15) is 0 Å². The van der Waals surface area contributed by atoms with Crippen molar-refractivity contribution >= 4 is 11.8 Å². The smallest absolute Gasteiger partial charge is 0.342 e. The lowest BCUT2D eigenvalue weighted by atomic mass is 10.2. The van der Waals surface area contributed by atoms with Crippen molar-refractivity contribution < 1.29 is 9.90 Å². The second kappa shape index (κ2) is 4.91. The Bertz CT molecular complexity index is 503. The quantitative estimate of drug-likeness (QED) is 0.472. The zero-order valence-electron chi connectivity index (χ0n) is 8.19. The second-order valence-corrected chi connectivity index (χ2v) is 2.92. The van der Waals surface area contributed by atoms with E-state index >= 15 is 0 Å². The fourth-order valence-electron chi connectivity index (χ4n) is 0.999. The van der Waals surface area contributed by atoms with Crippen molar-refractivity contribution in [1.29, 1.82) is 0 Å².